The third-order valence-electron chi connectivity index (χ3n) is 7.71. The normalized spacial score (nSPS) is 11.7. The maximum absolute atomic E-state index is 5.97. The van der Waals surface area contributed by atoms with Gasteiger partial charge in [-0.15, -0.1) is 0 Å². The van der Waals surface area contributed by atoms with E-state index in [-0.39, 0.29) is 10.8 Å². The molecule has 0 aliphatic carbocycles. The molecule has 2 aromatic heterocycles. The van der Waals surface area contributed by atoms with Crippen molar-refractivity contribution in [2.45, 2.75) is 51.7 Å². The molecule has 4 heteroatoms. The summed E-state index contributed by atoms with van der Waals surface area (Å²) in [6.07, 6.45) is 7.21. The molecule has 202 valence electrons. The highest BCUT2D eigenvalue weighted by atomic mass is 16.5. The lowest BCUT2D eigenvalue weighted by molar-refractivity contribution is 0.305. The molecule has 0 radical (unpaired) electrons. The van der Waals surface area contributed by atoms with E-state index in [1.54, 1.807) is 12.4 Å². The van der Waals surface area contributed by atoms with Gasteiger partial charge in [-0.05, 0) is 58.7 Å². The molecule has 0 fully saturated rings. The summed E-state index contributed by atoms with van der Waals surface area (Å²) in [6.45, 7) is 10.1. The summed E-state index contributed by atoms with van der Waals surface area (Å²) in [5, 5.41) is 0. The maximum Gasteiger partial charge on any atom is 0.119 e. The first-order valence-corrected chi connectivity index (χ1v) is 13.7. The van der Waals surface area contributed by atoms with Crippen molar-refractivity contribution in [3.8, 4) is 11.5 Å². The van der Waals surface area contributed by atoms with Gasteiger partial charge in [0, 0.05) is 46.7 Å². The van der Waals surface area contributed by atoms with Crippen LogP contribution in [0.1, 0.15) is 61.1 Å². The van der Waals surface area contributed by atoms with E-state index >= 15 is 0 Å². The Morgan fingerprint density at radius 3 is 1.30 bits per heavy atom. The smallest absolute Gasteiger partial charge is 0.119 e. The Labute approximate surface area is 237 Å². The molecular formula is C36H36N2O2. The van der Waals surface area contributed by atoms with Crippen LogP contribution in [0.5, 0.6) is 11.5 Å². The van der Waals surface area contributed by atoms with Gasteiger partial charge in [0.2, 0.25) is 0 Å². The number of hydrogen-bond donors (Lipinski definition) is 0. The van der Waals surface area contributed by atoms with Crippen molar-refractivity contribution in [1.29, 1.82) is 0 Å². The average Bonchev–Trinajstić information content (AvgIpc) is 3.00. The second-order valence-electron chi connectivity index (χ2n) is 11.2. The highest BCUT2D eigenvalue weighted by Gasteiger charge is 2.28. The van der Waals surface area contributed by atoms with E-state index < -0.39 is 0 Å². The third-order valence-corrected chi connectivity index (χ3v) is 7.71. The molecule has 0 atom stereocenters. The zero-order valence-electron chi connectivity index (χ0n) is 23.7. The van der Waals surface area contributed by atoms with Crippen LogP contribution in [0, 0.1) is 0 Å². The zero-order chi connectivity index (χ0) is 28.0. The van der Waals surface area contributed by atoms with Gasteiger partial charge in [0.1, 0.15) is 24.7 Å². The third kappa shape index (κ3) is 6.23. The van der Waals surface area contributed by atoms with E-state index in [0.29, 0.717) is 13.2 Å². The molecule has 0 N–H and O–H groups in total. The van der Waals surface area contributed by atoms with Crippen molar-refractivity contribution in [2.24, 2.45) is 0 Å². The van der Waals surface area contributed by atoms with Gasteiger partial charge < -0.3 is 9.47 Å². The van der Waals surface area contributed by atoms with E-state index in [1.807, 2.05) is 36.7 Å². The van der Waals surface area contributed by atoms with Crippen LogP contribution in [0.4, 0.5) is 0 Å². The topological polar surface area (TPSA) is 44.2 Å². The van der Waals surface area contributed by atoms with E-state index in [4.69, 9.17) is 9.47 Å². The molecule has 5 rings (SSSR count). The molecular weight excluding hydrogens is 492 g/mol. The van der Waals surface area contributed by atoms with Crippen LogP contribution in [0.2, 0.25) is 0 Å². The van der Waals surface area contributed by atoms with Crippen LogP contribution in [-0.2, 0) is 24.0 Å². The standard InChI is InChI=1S/C36H36N2O2/c1-35(2,29-12-16-33(17-13-29)39-25-27-8-6-20-37-23-27)31-10-5-11-32(22-31)36(3,4)30-14-18-34(19-15-30)40-26-28-9-7-21-38-24-28/h5-24H,25-26H2,1-4H3. The monoisotopic (exact) mass is 528 g/mol. The summed E-state index contributed by atoms with van der Waals surface area (Å²) in [5.41, 5.74) is 6.81. The molecule has 0 saturated heterocycles. The average molecular weight is 529 g/mol. The first-order chi connectivity index (χ1) is 19.3. The summed E-state index contributed by atoms with van der Waals surface area (Å²) in [5.74, 6) is 1.71. The highest BCUT2D eigenvalue weighted by Crippen LogP contribution is 2.37. The molecule has 0 aliphatic rings. The predicted octanol–water partition coefficient (Wildman–Crippen LogP) is 8.29. The van der Waals surface area contributed by atoms with Gasteiger partial charge in [0.25, 0.3) is 0 Å². The van der Waals surface area contributed by atoms with Gasteiger partial charge in [-0.1, -0.05) is 88.4 Å². The van der Waals surface area contributed by atoms with Crippen molar-refractivity contribution >= 4 is 0 Å². The van der Waals surface area contributed by atoms with Crippen LogP contribution >= 0.6 is 0 Å². The van der Waals surface area contributed by atoms with Crippen LogP contribution in [0.3, 0.4) is 0 Å². The van der Waals surface area contributed by atoms with Crippen molar-refractivity contribution in [3.63, 3.8) is 0 Å². The number of rotatable bonds is 10. The quantitative estimate of drug-likeness (QED) is 0.183. The highest BCUT2D eigenvalue weighted by molar-refractivity contribution is 5.46. The molecule has 0 amide bonds. The van der Waals surface area contributed by atoms with E-state index in [2.05, 4.69) is 110 Å². The Kier molecular flexibility index (Phi) is 7.97. The largest absolute Gasteiger partial charge is 0.489 e. The van der Waals surface area contributed by atoms with E-state index in [1.165, 1.54) is 22.3 Å². The second-order valence-corrected chi connectivity index (χ2v) is 11.2. The number of hydrogen-bond acceptors (Lipinski definition) is 4. The number of benzene rings is 3. The molecule has 4 nitrogen and oxygen atoms in total. The van der Waals surface area contributed by atoms with Crippen molar-refractivity contribution in [2.75, 3.05) is 0 Å². The zero-order valence-corrected chi connectivity index (χ0v) is 23.7. The fraction of sp³-hybridized carbons (Fsp3) is 0.222. The summed E-state index contributed by atoms with van der Waals surface area (Å²) < 4.78 is 11.9. The number of pyridine rings is 2. The Bertz CT molecular complexity index is 1400. The molecule has 0 unspecified atom stereocenters. The Balaban J connectivity index is 1.29. The first-order valence-electron chi connectivity index (χ1n) is 13.7. The number of nitrogens with zero attached hydrogens (tertiary/aromatic N) is 2. The Hall–Kier alpha value is -4.44. The fourth-order valence-electron chi connectivity index (χ4n) is 4.87. The van der Waals surface area contributed by atoms with Gasteiger partial charge in [0.05, 0.1) is 0 Å². The van der Waals surface area contributed by atoms with E-state index in [9.17, 15) is 0 Å². The minimum Gasteiger partial charge on any atom is -0.489 e. The minimum atomic E-state index is -0.169. The fourth-order valence-corrected chi connectivity index (χ4v) is 4.87. The van der Waals surface area contributed by atoms with Gasteiger partial charge >= 0.3 is 0 Å². The maximum atomic E-state index is 5.97. The molecule has 3 aromatic carbocycles. The molecule has 0 saturated carbocycles. The van der Waals surface area contributed by atoms with Gasteiger partial charge in [-0.3, -0.25) is 9.97 Å². The summed E-state index contributed by atoms with van der Waals surface area (Å²) in [4.78, 5) is 8.31. The summed E-state index contributed by atoms with van der Waals surface area (Å²) in [6, 6.07) is 33.7. The lowest BCUT2D eigenvalue weighted by atomic mass is 9.73. The Morgan fingerprint density at radius 2 is 0.925 bits per heavy atom. The molecule has 5 aromatic rings. The van der Waals surface area contributed by atoms with E-state index in [0.717, 1.165) is 22.6 Å². The molecule has 0 spiro atoms. The SMILES string of the molecule is CC(C)(c1ccc(OCc2cccnc2)cc1)c1cccc(C(C)(C)c2ccc(OCc3cccnc3)cc2)c1. The van der Waals surface area contributed by atoms with Gasteiger partial charge in [-0.2, -0.15) is 0 Å². The van der Waals surface area contributed by atoms with Gasteiger partial charge in [0.15, 0.2) is 0 Å². The molecule has 0 aliphatic heterocycles. The number of aromatic nitrogens is 2. The van der Waals surface area contributed by atoms with Gasteiger partial charge in [-0.25, -0.2) is 0 Å². The van der Waals surface area contributed by atoms with Crippen LogP contribution in [-0.4, -0.2) is 9.97 Å². The lowest BCUT2D eigenvalue weighted by Crippen LogP contribution is -2.22. The summed E-state index contributed by atoms with van der Waals surface area (Å²) >= 11 is 0. The lowest BCUT2D eigenvalue weighted by Gasteiger charge is -2.31. The van der Waals surface area contributed by atoms with Crippen LogP contribution < -0.4 is 9.47 Å². The molecule has 2 heterocycles. The summed E-state index contributed by atoms with van der Waals surface area (Å²) in [7, 11) is 0. The predicted molar refractivity (Wildman–Crippen MR) is 161 cm³/mol. The first kappa shape index (κ1) is 27.1. The van der Waals surface area contributed by atoms with Crippen LogP contribution in [0.15, 0.2) is 122 Å². The van der Waals surface area contributed by atoms with Crippen molar-refractivity contribution in [3.05, 3.63) is 155 Å². The minimum absolute atomic E-state index is 0.169. The Morgan fingerprint density at radius 1 is 0.500 bits per heavy atom. The second kappa shape index (κ2) is 11.7. The van der Waals surface area contributed by atoms with Crippen LogP contribution in [0.25, 0.3) is 0 Å². The van der Waals surface area contributed by atoms with Crippen molar-refractivity contribution < 1.29 is 9.47 Å². The number of ether oxygens (including phenoxy) is 2. The van der Waals surface area contributed by atoms with Crippen molar-refractivity contribution in [1.82, 2.24) is 9.97 Å². The molecule has 40 heavy (non-hydrogen) atoms. The molecule has 0 bridgehead atoms.